The second-order valence-electron chi connectivity index (χ2n) is 4.44. The second-order valence-corrected chi connectivity index (χ2v) is 6.20. The van der Waals surface area contributed by atoms with Gasteiger partial charge < -0.3 is 5.32 Å². The Morgan fingerprint density at radius 1 is 1.14 bits per heavy atom. The average Bonchev–Trinajstić information content (AvgIpc) is 2.37. The molecule has 0 aliphatic heterocycles. The first kappa shape index (κ1) is 16.7. The van der Waals surface area contributed by atoms with Gasteiger partial charge in [0.2, 0.25) is 0 Å². The van der Waals surface area contributed by atoms with Gasteiger partial charge in [0, 0.05) is 20.1 Å². The maximum absolute atomic E-state index is 14.2. The van der Waals surface area contributed by atoms with Crippen LogP contribution in [0.1, 0.15) is 24.1 Å². The second kappa shape index (κ2) is 7.05. The molecule has 0 aliphatic carbocycles. The predicted molar refractivity (Wildman–Crippen MR) is 86.0 cm³/mol. The molecule has 112 valence electrons. The molecular weight excluding hydrogens is 383 g/mol. The predicted octanol–water partition coefficient (Wildman–Crippen LogP) is 5.73. The summed E-state index contributed by atoms with van der Waals surface area (Å²) in [6.45, 7) is 2.38. The van der Waals surface area contributed by atoms with Gasteiger partial charge in [0.25, 0.3) is 0 Å². The smallest absolute Gasteiger partial charge is 0.132 e. The molecule has 1 unspecified atom stereocenters. The third kappa shape index (κ3) is 3.75. The molecule has 0 radical (unpaired) electrons. The Balaban J connectivity index is 2.59. The van der Waals surface area contributed by atoms with Crippen molar-refractivity contribution in [2.75, 3.05) is 6.54 Å². The van der Waals surface area contributed by atoms with Crippen molar-refractivity contribution in [2.24, 2.45) is 0 Å². The molecule has 0 heterocycles. The van der Waals surface area contributed by atoms with Gasteiger partial charge in [-0.2, -0.15) is 0 Å². The van der Waals surface area contributed by atoms with Crippen molar-refractivity contribution in [3.05, 3.63) is 67.6 Å². The van der Waals surface area contributed by atoms with Crippen LogP contribution in [0.25, 0.3) is 0 Å². The molecule has 0 spiro atoms. The average molecular weight is 395 g/mol. The van der Waals surface area contributed by atoms with E-state index in [9.17, 15) is 8.78 Å². The van der Waals surface area contributed by atoms with Gasteiger partial charge in [-0.05, 0) is 36.4 Å². The first-order valence-corrected chi connectivity index (χ1v) is 7.81. The fourth-order valence-corrected chi connectivity index (χ4v) is 3.06. The molecule has 0 saturated heterocycles. The zero-order valence-electron chi connectivity index (χ0n) is 11.1. The number of hydrogen-bond acceptors (Lipinski definition) is 1. The van der Waals surface area contributed by atoms with E-state index in [-0.39, 0.29) is 5.56 Å². The van der Waals surface area contributed by atoms with E-state index in [0.29, 0.717) is 26.6 Å². The quantitative estimate of drug-likeness (QED) is 0.697. The molecule has 2 aromatic carbocycles. The summed E-state index contributed by atoms with van der Waals surface area (Å²) in [5.41, 5.74) is 0.507. The van der Waals surface area contributed by atoms with Gasteiger partial charge in [0.15, 0.2) is 0 Å². The maximum Gasteiger partial charge on any atom is 0.132 e. The summed E-state index contributed by atoms with van der Waals surface area (Å²) in [6.07, 6.45) is 0. The van der Waals surface area contributed by atoms with Gasteiger partial charge in [-0.1, -0.05) is 52.1 Å². The minimum atomic E-state index is -0.687. The molecule has 0 bridgehead atoms. The lowest BCUT2D eigenvalue weighted by molar-refractivity contribution is 0.509. The lowest BCUT2D eigenvalue weighted by atomic mass is 9.97. The van der Waals surface area contributed by atoms with E-state index in [4.69, 9.17) is 23.2 Å². The van der Waals surface area contributed by atoms with Crippen LogP contribution in [0.15, 0.2) is 34.8 Å². The van der Waals surface area contributed by atoms with Crippen molar-refractivity contribution in [3.63, 3.8) is 0 Å². The summed E-state index contributed by atoms with van der Waals surface area (Å²) in [5, 5.41) is 3.88. The van der Waals surface area contributed by atoms with E-state index >= 15 is 0 Å². The lowest BCUT2D eigenvalue weighted by Crippen LogP contribution is -2.24. The molecule has 2 rings (SSSR count). The Bertz CT molecular complexity index is 641. The van der Waals surface area contributed by atoms with Gasteiger partial charge in [-0.15, -0.1) is 0 Å². The number of halogens is 5. The van der Waals surface area contributed by atoms with Crippen molar-refractivity contribution in [1.29, 1.82) is 0 Å². The molecule has 0 saturated carbocycles. The van der Waals surface area contributed by atoms with Gasteiger partial charge in [0.05, 0.1) is 6.04 Å². The van der Waals surface area contributed by atoms with E-state index < -0.39 is 17.7 Å². The van der Waals surface area contributed by atoms with Crippen LogP contribution in [0, 0.1) is 11.6 Å². The highest BCUT2D eigenvalue weighted by Crippen LogP contribution is 2.34. The van der Waals surface area contributed by atoms with Gasteiger partial charge >= 0.3 is 0 Å². The third-order valence-electron chi connectivity index (χ3n) is 3.01. The Morgan fingerprint density at radius 2 is 1.76 bits per heavy atom. The normalized spacial score (nSPS) is 12.5. The van der Waals surface area contributed by atoms with Gasteiger partial charge in [0.1, 0.15) is 11.6 Å². The van der Waals surface area contributed by atoms with Crippen LogP contribution in [0.5, 0.6) is 0 Å². The number of nitrogens with one attached hydrogen (secondary N) is 1. The van der Waals surface area contributed by atoms with Gasteiger partial charge in [-0.3, -0.25) is 0 Å². The fraction of sp³-hybridized carbons (Fsp3) is 0.200. The van der Waals surface area contributed by atoms with E-state index in [2.05, 4.69) is 21.2 Å². The molecule has 1 nitrogen and oxygen atoms in total. The van der Waals surface area contributed by atoms with Crippen molar-refractivity contribution in [3.8, 4) is 0 Å². The largest absolute Gasteiger partial charge is 0.306 e. The summed E-state index contributed by atoms with van der Waals surface area (Å²) in [7, 11) is 0. The molecule has 1 atom stereocenters. The number of benzene rings is 2. The van der Waals surface area contributed by atoms with E-state index in [0.717, 1.165) is 0 Å². The van der Waals surface area contributed by atoms with Crippen LogP contribution in [0.2, 0.25) is 10.0 Å². The first-order valence-electron chi connectivity index (χ1n) is 6.26. The molecule has 0 aliphatic rings. The summed E-state index contributed by atoms with van der Waals surface area (Å²) >= 11 is 15.1. The molecule has 21 heavy (non-hydrogen) atoms. The van der Waals surface area contributed by atoms with Crippen LogP contribution in [-0.4, -0.2) is 6.54 Å². The zero-order chi connectivity index (χ0) is 15.6. The highest BCUT2D eigenvalue weighted by Gasteiger charge is 2.24. The van der Waals surface area contributed by atoms with Crippen LogP contribution in [-0.2, 0) is 0 Å². The highest BCUT2D eigenvalue weighted by atomic mass is 79.9. The van der Waals surface area contributed by atoms with Crippen LogP contribution in [0.3, 0.4) is 0 Å². The summed E-state index contributed by atoms with van der Waals surface area (Å²) < 4.78 is 28.8. The van der Waals surface area contributed by atoms with E-state index in [1.165, 1.54) is 12.1 Å². The minimum Gasteiger partial charge on any atom is -0.306 e. The first-order chi connectivity index (χ1) is 9.93. The topological polar surface area (TPSA) is 12.0 Å². The fourth-order valence-electron chi connectivity index (χ4n) is 2.14. The molecule has 0 aromatic heterocycles. The van der Waals surface area contributed by atoms with Crippen molar-refractivity contribution < 1.29 is 8.78 Å². The number of hydrogen-bond donors (Lipinski definition) is 1. The molecule has 1 N–H and O–H groups in total. The molecule has 0 amide bonds. The van der Waals surface area contributed by atoms with E-state index in [1.54, 1.807) is 18.2 Å². The zero-order valence-corrected chi connectivity index (χ0v) is 14.2. The SMILES string of the molecule is CCNC(c1ccc(Cl)cc1Cl)c1c(F)cc(Br)cc1F. The van der Waals surface area contributed by atoms with Crippen molar-refractivity contribution in [1.82, 2.24) is 5.32 Å². The minimum absolute atomic E-state index is 0.0655. The summed E-state index contributed by atoms with van der Waals surface area (Å²) in [6, 6.07) is 6.63. The lowest BCUT2D eigenvalue weighted by Gasteiger charge is -2.21. The van der Waals surface area contributed by atoms with Crippen molar-refractivity contribution in [2.45, 2.75) is 13.0 Å². The van der Waals surface area contributed by atoms with Gasteiger partial charge in [-0.25, -0.2) is 8.78 Å². The van der Waals surface area contributed by atoms with Crippen LogP contribution in [0.4, 0.5) is 8.78 Å². The Hall–Kier alpha value is -0.680. The Labute approximate surface area is 140 Å². The highest BCUT2D eigenvalue weighted by molar-refractivity contribution is 9.10. The van der Waals surface area contributed by atoms with E-state index in [1.807, 2.05) is 6.92 Å². The maximum atomic E-state index is 14.2. The molecule has 0 fully saturated rings. The molecule has 6 heteroatoms. The Kier molecular flexibility index (Phi) is 5.60. The third-order valence-corrected chi connectivity index (χ3v) is 4.03. The number of rotatable bonds is 4. The summed E-state index contributed by atoms with van der Waals surface area (Å²) in [4.78, 5) is 0. The molecule has 2 aromatic rings. The van der Waals surface area contributed by atoms with Crippen LogP contribution >= 0.6 is 39.1 Å². The Morgan fingerprint density at radius 3 is 2.29 bits per heavy atom. The molecular formula is C15H12BrCl2F2N. The monoisotopic (exact) mass is 393 g/mol. The summed E-state index contributed by atoms with van der Waals surface area (Å²) in [5.74, 6) is -1.28. The van der Waals surface area contributed by atoms with Crippen LogP contribution < -0.4 is 5.32 Å². The van der Waals surface area contributed by atoms with Crippen molar-refractivity contribution >= 4 is 39.1 Å². The standard InChI is InChI=1S/C15H12BrCl2F2N/c1-2-21-15(10-4-3-9(17)7-11(10)18)14-12(19)5-8(16)6-13(14)20/h3-7,15,21H,2H2,1H3.